The van der Waals surface area contributed by atoms with Crippen molar-refractivity contribution in [3.05, 3.63) is 35.1 Å². The summed E-state index contributed by atoms with van der Waals surface area (Å²) in [4.78, 5) is 11.6. The van der Waals surface area contributed by atoms with Gasteiger partial charge in [-0.05, 0) is 31.5 Å². The van der Waals surface area contributed by atoms with Gasteiger partial charge in [-0.25, -0.2) is 4.39 Å². The average molecular weight is 330 g/mol. The predicted octanol–water partition coefficient (Wildman–Crippen LogP) is 3.47. The molecule has 0 aromatic heterocycles. The van der Waals surface area contributed by atoms with E-state index in [0.717, 1.165) is 6.07 Å². The Morgan fingerprint density at radius 1 is 1.29 bits per heavy atom. The van der Waals surface area contributed by atoms with Crippen LogP contribution in [0, 0.1) is 11.2 Å². The number of halogens is 5. The first-order chi connectivity index (χ1) is 9.01. The van der Waals surface area contributed by atoms with E-state index in [0.29, 0.717) is 12.1 Å². The normalized spacial score (nSPS) is 13.3. The highest BCUT2D eigenvalue weighted by molar-refractivity contribution is 5.85. The number of ether oxygens (including phenoxy) is 1. The minimum absolute atomic E-state index is 0. The highest BCUT2D eigenvalue weighted by Crippen LogP contribution is 2.36. The number of rotatable bonds is 3. The summed E-state index contributed by atoms with van der Waals surface area (Å²) in [5.74, 6) is -2.06. The summed E-state index contributed by atoms with van der Waals surface area (Å²) < 4.78 is 55.4. The van der Waals surface area contributed by atoms with Crippen LogP contribution in [-0.2, 0) is 15.7 Å². The minimum atomic E-state index is -4.77. The smallest absolute Gasteiger partial charge is 0.419 e. The second kappa shape index (κ2) is 6.62. The molecule has 0 radical (unpaired) electrons. The van der Waals surface area contributed by atoms with Crippen LogP contribution in [0.15, 0.2) is 18.2 Å². The monoisotopic (exact) mass is 329 g/mol. The molecule has 2 N–H and O–H groups in total. The summed E-state index contributed by atoms with van der Waals surface area (Å²) in [6.07, 6.45) is -4.77. The molecular weight excluding hydrogens is 314 g/mol. The van der Waals surface area contributed by atoms with Crippen LogP contribution in [0.5, 0.6) is 0 Å². The van der Waals surface area contributed by atoms with E-state index in [1.807, 2.05) is 0 Å². The van der Waals surface area contributed by atoms with Crippen LogP contribution < -0.4 is 5.73 Å². The van der Waals surface area contributed by atoms with Gasteiger partial charge in [-0.1, -0.05) is 6.07 Å². The molecule has 0 heterocycles. The molecule has 0 bridgehead atoms. The Hall–Kier alpha value is -1.34. The lowest BCUT2D eigenvalue weighted by Crippen LogP contribution is -2.37. The summed E-state index contributed by atoms with van der Waals surface area (Å²) >= 11 is 0. The Morgan fingerprint density at radius 3 is 2.19 bits per heavy atom. The SMILES string of the molecule is COC(=O)C(C)(C)[C@@H](N)c1ccc(C(F)(F)F)c(F)c1.Cl. The van der Waals surface area contributed by atoms with Gasteiger partial charge in [-0.2, -0.15) is 13.2 Å². The lowest BCUT2D eigenvalue weighted by molar-refractivity contribution is -0.152. The van der Waals surface area contributed by atoms with Crippen molar-refractivity contribution < 1.29 is 27.1 Å². The van der Waals surface area contributed by atoms with Crippen LogP contribution >= 0.6 is 12.4 Å². The molecule has 8 heteroatoms. The zero-order valence-electron chi connectivity index (χ0n) is 11.6. The van der Waals surface area contributed by atoms with Gasteiger partial charge in [-0.15, -0.1) is 12.4 Å². The van der Waals surface area contributed by atoms with Crippen molar-refractivity contribution in [1.29, 1.82) is 0 Å². The fourth-order valence-corrected chi connectivity index (χ4v) is 1.76. The molecule has 0 fully saturated rings. The van der Waals surface area contributed by atoms with Gasteiger partial charge in [0, 0.05) is 6.04 Å². The number of alkyl halides is 3. The lowest BCUT2D eigenvalue weighted by Gasteiger charge is -2.29. The summed E-state index contributed by atoms with van der Waals surface area (Å²) in [5, 5.41) is 0. The zero-order valence-corrected chi connectivity index (χ0v) is 12.4. The van der Waals surface area contributed by atoms with Gasteiger partial charge >= 0.3 is 12.1 Å². The van der Waals surface area contributed by atoms with E-state index >= 15 is 0 Å². The van der Waals surface area contributed by atoms with Crippen LogP contribution in [0.3, 0.4) is 0 Å². The van der Waals surface area contributed by atoms with E-state index in [1.165, 1.54) is 21.0 Å². The molecule has 1 aromatic carbocycles. The highest BCUT2D eigenvalue weighted by atomic mass is 35.5. The first-order valence-corrected chi connectivity index (χ1v) is 5.72. The molecule has 0 spiro atoms. The minimum Gasteiger partial charge on any atom is -0.469 e. The van der Waals surface area contributed by atoms with E-state index in [-0.39, 0.29) is 18.0 Å². The Labute approximate surface area is 125 Å². The van der Waals surface area contributed by atoms with Crippen LogP contribution in [0.2, 0.25) is 0 Å². The molecular formula is C13H16ClF4NO2. The molecule has 0 aliphatic heterocycles. The van der Waals surface area contributed by atoms with E-state index < -0.39 is 35.0 Å². The number of hydrogen-bond donors (Lipinski definition) is 1. The Kier molecular flexibility index (Phi) is 6.19. The second-order valence-electron chi connectivity index (χ2n) is 4.93. The molecule has 0 amide bonds. The van der Waals surface area contributed by atoms with Crippen molar-refractivity contribution in [1.82, 2.24) is 0 Å². The number of esters is 1. The molecule has 0 saturated carbocycles. The van der Waals surface area contributed by atoms with Crippen molar-refractivity contribution in [3.8, 4) is 0 Å². The second-order valence-corrected chi connectivity index (χ2v) is 4.93. The maximum atomic E-state index is 13.5. The number of carbonyl (C=O) groups excluding carboxylic acids is 1. The standard InChI is InChI=1S/C13H15F4NO2.ClH/c1-12(2,11(19)20-3)10(18)7-4-5-8(9(14)6-7)13(15,16)17;/h4-6,10H,18H2,1-3H3;1H/t10-;/m0./s1. The molecule has 21 heavy (non-hydrogen) atoms. The molecule has 1 rings (SSSR count). The molecule has 0 aliphatic carbocycles. The van der Waals surface area contributed by atoms with Gasteiger partial charge in [0.05, 0.1) is 18.1 Å². The Balaban J connectivity index is 0.00000400. The number of methoxy groups -OCH3 is 1. The van der Waals surface area contributed by atoms with Crippen LogP contribution in [0.1, 0.15) is 31.0 Å². The number of nitrogens with two attached hydrogens (primary N) is 1. The van der Waals surface area contributed by atoms with Crippen molar-refractivity contribution in [2.75, 3.05) is 7.11 Å². The Bertz CT molecular complexity index is 517. The van der Waals surface area contributed by atoms with Gasteiger partial charge < -0.3 is 10.5 Å². The van der Waals surface area contributed by atoms with E-state index in [1.54, 1.807) is 0 Å². The van der Waals surface area contributed by atoms with E-state index in [9.17, 15) is 22.4 Å². The van der Waals surface area contributed by atoms with Gasteiger partial charge in [0.1, 0.15) is 5.82 Å². The average Bonchev–Trinajstić information content (AvgIpc) is 2.34. The number of carbonyl (C=O) groups is 1. The van der Waals surface area contributed by atoms with Crippen molar-refractivity contribution >= 4 is 18.4 Å². The van der Waals surface area contributed by atoms with Crippen LogP contribution in [0.4, 0.5) is 17.6 Å². The summed E-state index contributed by atoms with van der Waals surface area (Å²) in [6, 6.07) is 1.36. The van der Waals surface area contributed by atoms with Gasteiger partial charge in [0.15, 0.2) is 0 Å². The third-order valence-electron chi connectivity index (χ3n) is 3.15. The predicted molar refractivity (Wildman–Crippen MR) is 71.4 cm³/mol. The van der Waals surface area contributed by atoms with E-state index in [2.05, 4.69) is 4.74 Å². The van der Waals surface area contributed by atoms with Crippen LogP contribution in [-0.4, -0.2) is 13.1 Å². The van der Waals surface area contributed by atoms with Crippen molar-refractivity contribution in [2.45, 2.75) is 26.1 Å². The fourth-order valence-electron chi connectivity index (χ4n) is 1.76. The van der Waals surface area contributed by atoms with Gasteiger partial charge in [0.25, 0.3) is 0 Å². The molecule has 1 aromatic rings. The fraction of sp³-hybridized carbons (Fsp3) is 0.462. The molecule has 120 valence electrons. The third kappa shape index (κ3) is 4.07. The third-order valence-corrected chi connectivity index (χ3v) is 3.15. The number of hydrogen-bond acceptors (Lipinski definition) is 3. The topological polar surface area (TPSA) is 52.3 Å². The molecule has 0 aliphatic rings. The largest absolute Gasteiger partial charge is 0.469 e. The zero-order chi connectivity index (χ0) is 15.7. The van der Waals surface area contributed by atoms with Crippen molar-refractivity contribution in [2.24, 2.45) is 11.1 Å². The molecule has 3 nitrogen and oxygen atoms in total. The lowest BCUT2D eigenvalue weighted by atomic mass is 9.81. The highest BCUT2D eigenvalue weighted by Gasteiger charge is 2.38. The summed E-state index contributed by atoms with van der Waals surface area (Å²) in [6.45, 7) is 2.94. The number of benzene rings is 1. The first kappa shape index (κ1) is 19.7. The summed E-state index contributed by atoms with van der Waals surface area (Å²) in [5.41, 5.74) is 3.35. The maximum Gasteiger partial charge on any atom is 0.419 e. The summed E-state index contributed by atoms with van der Waals surface area (Å²) in [7, 11) is 1.17. The quantitative estimate of drug-likeness (QED) is 0.682. The molecule has 0 unspecified atom stereocenters. The molecule has 0 saturated heterocycles. The van der Waals surface area contributed by atoms with Crippen LogP contribution in [0.25, 0.3) is 0 Å². The molecule has 1 atom stereocenters. The van der Waals surface area contributed by atoms with Gasteiger partial charge in [0.2, 0.25) is 0 Å². The maximum absolute atomic E-state index is 13.5. The van der Waals surface area contributed by atoms with Crippen molar-refractivity contribution in [3.63, 3.8) is 0 Å². The van der Waals surface area contributed by atoms with E-state index in [4.69, 9.17) is 5.73 Å². The van der Waals surface area contributed by atoms with Gasteiger partial charge in [-0.3, -0.25) is 4.79 Å². The Morgan fingerprint density at radius 2 is 1.81 bits per heavy atom. The first-order valence-electron chi connectivity index (χ1n) is 5.72.